The molecule has 1 aliphatic heterocycles. The van der Waals surface area contributed by atoms with Crippen LogP contribution in [0.15, 0.2) is 40.5 Å². The third kappa shape index (κ3) is 2.63. The predicted octanol–water partition coefficient (Wildman–Crippen LogP) is 2.74. The molecule has 0 spiro atoms. The van der Waals surface area contributed by atoms with Crippen LogP contribution in [0.4, 0.5) is 0 Å². The number of thiophene rings is 1. The van der Waals surface area contributed by atoms with Crippen LogP contribution in [0.25, 0.3) is 11.4 Å². The van der Waals surface area contributed by atoms with Crippen LogP contribution in [0, 0.1) is 6.92 Å². The molecule has 7 heteroatoms. The molecule has 1 aliphatic rings. The van der Waals surface area contributed by atoms with E-state index in [2.05, 4.69) is 15.1 Å². The first-order chi connectivity index (χ1) is 11.2. The van der Waals surface area contributed by atoms with Gasteiger partial charge in [0.05, 0.1) is 10.8 Å². The highest BCUT2D eigenvalue weighted by Crippen LogP contribution is 2.29. The van der Waals surface area contributed by atoms with E-state index in [0.717, 1.165) is 16.0 Å². The second-order valence-electron chi connectivity index (χ2n) is 5.59. The maximum absolute atomic E-state index is 12.3. The van der Waals surface area contributed by atoms with Crippen LogP contribution in [-0.4, -0.2) is 39.0 Å². The van der Waals surface area contributed by atoms with E-state index >= 15 is 0 Å². The molecule has 1 saturated heterocycles. The van der Waals surface area contributed by atoms with Crippen LogP contribution in [0.5, 0.6) is 0 Å². The van der Waals surface area contributed by atoms with Crippen molar-refractivity contribution in [1.82, 2.24) is 20.0 Å². The molecule has 0 bridgehead atoms. The third-order valence-electron chi connectivity index (χ3n) is 3.84. The number of aromatic nitrogens is 3. The van der Waals surface area contributed by atoms with Crippen molar-refractivity contribution in [1.29, 1.82) is 0 Å². The van der Waals surface area contributed by atoms with Crippen molar-refractivity contribution < 1.29 is 9.32 Å². The van der Waals surface area contributed by atoms with Crippen LogP contribution in [-0.2, 0) is 0 Å². The fourth-order valence-corrected chi connectivity index (χ4v) is 3.38. The van der Waals surface area contributed by atoms with Gasteiger partial charge in [-0.25, -0.2) is 0 Å². The summed E-state index contributed by atoms with van der Waals surface area (Å²) in [6, 6.07) is 5.60. The van der Waals surface area contributed by atoms with Gasteiger partial charge in [-0.2, -0.15) is 4.98 Å². The summed E-state index contributed by atoms with van der Waals surface area (Å²) in [5.41, 5.74) is 1.99. The minimum absolute atomic E-state index is 0.0771. The summed E-state index contributed by atoms with van der Waals surface area (Å²) in [6.45, 7) is 3.23. The Hall–Kier alpha value is -2.54. The topological polar surface area (TPSA) is 72.1 Å². The molecule has 116 valence electrons. The van der Waals surface area contributed by atoms with Gasteiger partial charge in [0.25, 0.3) is 5.91 Å². The molecule has 3 aromatic rings. The minimum atomic E-state index is 0.0771. The number of likely N-dealkylation sites (tertiary alicyclic amines) is 1. The van der Waals surface area contributed by atoms with Crippen LogP contribution >= 0.6 is 11.3 Å². The lowest BCUT2D eigenvalue weighted by molar-refractivity contribution is 0.0574. The smallest absolute Gasteiger partial charge is 0.263 e. The maximum Gasteiger partial charge on any atom is 0.263 e. The molecule has 4 heterocycles. The van der Waals surface area contributed by atoms with Gasteiger partial charge in [-0.05, 0) is 36.1 Å². The van der Waals surface area contributed by atoms with Gasteiger partial charge in [-0.3, -0.25) is 9.78 Å². The van der Waals surface area contributed by atoms with Gasteiger partial charge in [0.2, 0.25) is 11.7 Å². The van der Waals surface area contributed by atoms with E-state index in [4.69, 9.17) is 4.52 Å². The van der Waals surface area contributed by atoms with Gasteiger partial charge in [-0.1, -0.05) is 5.16 Å². The maximum atomic E-state index is 12.3. The molecule has 4 rings (SSSR count). The Bertz CT molecular complexity index is 837. The first kappa shape index (κ1) is 14.1. The summed E-state index contributed by atoms with van der Waals surface area (Å²) in [4.78, 5) is 23.3. The van der Waals surface area contributed by atoms with Crippen LogP contribution in [0.1, 0.15) is 27.0 Å². The van der Waals surface area contributed by atoms with E-state index in [0.29, 0.717) is 24.8 Å². The van der Waals surface area contributed by atoms with Crippen molar-refractivity contribution in [2.24, 2.45) is 0 Å². The summed E-state index contributed by atoms with van der Waals surface area (Å²) >= 11 is 1.49. The molecule has 6 nitrogen and oxygen atoms in total. The van der Waals surface area contributed by atoms with Crippen molar-refractivity contribution >= 4 is 17.2 Å². The molecule has 1 fully saturated rings. The first-order valence-corrected chi connectivity index (χ1v) is 8.17. The lowest BCUT2D eigenvalue weighted by atomic mass is 10.00. The lowest BCUT2D eigenvalue weighted by Crippen LogP contribution is -2.48. The highest BCUT2D eigenvalue weighted by Gasteiger charge is 2.36. The van der Waals surface area contributed by atoms with Crippen molar-refractivity contribution in [2.75, 3.05) is 13.1 Å². The van der Waals surface area contributed by atoms with Crippen molar-refractivity contribution in [3.8, 4) is 11.4 Å². The summed E-state index contributed by atoms with van der Waals surface area (Å²) in [6.07, 6.45) is 3.39. The largest absolute Gasteiger partial charge is 0.339 e. The van der Waals surface area contributed by atoms with Gasteiger partial charge in [0.1, 0.15) is 0 Å². The molecule has 3 aromatic heterocycles. The van der Waals surface area contributed by atoms with E-state index in [1.807, 2.05) is 35.4 Å². The van der Waals surface area contributed by atoms with Crippen molar-refractivity contribution in [3.63, 3.8) is 0 Å². The molecule has 0 radical (unpaired) electrons. The van der Waals surface area contributed by atoms with Gasteiger partial charge < -0.3 is 9.42 Å². The highest BCUT2D eigenvalue weighted by molar-refractivity contribution is 7.12. The molecule has 0 aromatic carbocycles. The van der Waals surface area contributed by atoms with Gasteiger partial charge in [-0.15, -0.1) is 11.3 Å². The number of amides is 1. The Morgan fingerprint density at radius 1 is 1.35 bits per heavy atom. The zero-order chi connectivity index (χ0) is 15.8. The van der Waals surface area contributed by atoms with Gasteiger partial charge in [0, 0.05) is 31.0 Å². The number of carbonyl (C=O) groups excluding carboxylic acids is 1. The summed E-state index contributed by atoms with van der Waals surface area (Å²) in [5.74, 6) is 1.33. The zero-order valence-corrected chi connectivity index (χ0v) is 13.3. The Kier molecular flexibility index (Phi) is 3.42. The normalized spacial score (nSPS) is 14.7. The Balaban J connectivity index is 1.42. The number of aryl methyl sites for hydroxylation is 1. The monoisotopic (exact) mass is 326 g/mol. The SMILES string of the molecule is Cc1csc(C(=O)N2CC(c3nc(-c4ccncc4)no3)C2)c1. The van der Waals surface area contributed by atoms with Gasteiger partial charge in [0.15, 0.2) is 0 Å². The number of hydrogen-bond acceptors (Lipinski definition) is 6. The minimum Gasteiger partial charge on any atom is -0.339 e. The van der Waals surface area contributed by atoms with E-state index < -0.39 is 0 Å². The second kappa shape index (κ2) is 5.58. The molecule has 0 atom stereocenters. The zero-order valence-electron chi connectivity index (χ0n) is 12.5. The Morgan fingerprint density at radius 3 is 2.83 bits per heavy atom. The van der Waals surface area contributed by atoms with E-state index in [-0.39, 0.29) is 11.8 Å². The predicted molar refractivity (Wildman–Crippen MR) is 85.2 cm³/mol. The van der Waals surface area contributed by atoms with E-state index in [1.54, 1.807) is 12.4 Å². The molecule has 0 unspecified atom stereocenters. The average molecular weight is 326 g/mol. The quantitative estimate of drug-likeness (QED) is 0.740. The molecular weight excluding hydrogens is 312 g/mol. The van der Waals surface area contributed by atoms with E-state index in [1.165, 1.54) is 11.3 Å². The molecule has 23 heavy (non-hydrogen) atoms. The Labute approximate surface area is 136 Å². The van der Waals surface area contributed by atoms with Crippen LogP contribution < -0.4 is 0 Å². The molecular formula is C16H14N4O2S. The number of rotatable bonds is 3. The number of nitrogens with zero attached hydrogens (tertiary/aromatic N) is 4. The van der Waals surface area contributed by atoms with Crippen LogP contribution in [0.3, 0.4) is 0 Å². The summed E-state index contributed by atoms with van der Waals surface area (Å²) in [7, 11) is 0. The van der Waals surface area contributed by atoms with Crippen molar-refractivity contribution in [2.45, 2.75) is 12.8 Å². The second-order valence-corrected chi connectivity index (χ2v) is 6.50. The first-order valence-electron chi connectivity index (χ1n) is 7.29. The van der Waals surface area contributed by atoms with Gasteiger partial charge >= 0.3 is 0 Å². The summed E-state index contributed by atoms with van der Waals surface area (Å²) in [5, 5.41) is 6.00. The summed E-state index contributed by atoms with van der Waals surface area (Å²) < 4.78 is 5.34. The van der Waals surface area contributed by atoms with E-state index in [9.17, 15) is 4.79 Å². The number of hydrogen-bond donors (Lipinski definition) is 0. The standard InChI is InChI=1S/C16H14N4O2S/c1-10-6-13(23-9-10)16(21)20-7-12(8-20)15-18-14(19-22-15)11-2-4-17-5-3-11/h2-6,9,12H,7-8H2,1H3. The molecule has 0 N–H and O–H groups in total. The molecule has 1 amide bonds. The fourth-order valence-electron chi connectivity index (χ4n) is 2.52. The highest BCUT2D eigenvalue weighted by atomic mass is 32.1. The van der Waals surface area contributed by atoms with Crippen LogP contribution in [0.2, 0.25) is 0 Å². The Morgan fingerprint density at radius 2 is 2.13 bits per heavy atom. The number of carbonyl (C=O) groups is 1. The molecule has 0 saturated carbocycles. The van der Waals surface area contributed by atoms with Crippen molar-refractivity contribution in [3.05, 3.63) is 52.3 Å². The third-order valence-corrected chi connectivity index (χ3v) is 4.88. The average Bonchev–Trinajstić information content (AvgIpc) is 3.16. The molecule has 0 aliphatic carbocycles. The number of pyridine rings is 1. The fraction of sp³-hybridized carbons (Fsp3) is 0.250. The lowest BCUT2D eigenvalue weighted by Gasteiger charge is -2.36.